The van der Waals surface area contributed by atoms with Crippen LogP contribution in [0.15, 0.2) is 53.1 Å². The minimum absolute atomic E-state index is 0.0693. The van der Waals surface area contributed by atoms with E-state index in [1.54, 1.807) is 17.0 Å². The number of anilines is 1. The van der Waals surface area contributed by atoms with Gasteiger partial charge in [0.05, 0.1) is 5.92 Å². The summed E-state index contributed by atoms with van der Waals surface area (Å²) in [5.74, 6) is 1.39. The Morgan fingerprint density at radius 2 is 1.96 bits per heavy atom. The van der Waals surface area contributed by atoms with E-state index in [1.165, 1.54) is 5.56 Å². The first kappa shape index (κ1) is 17.7. The summed E-state index contributed by atoms with van der Waals surface area (Å²) in [5, 5.41) is 4.67. The minimum atomic E-state index is -0.109. The molecule has 4 rings (SSSR count). The number of benzene rings is 2. The van der Waals surface area contributed by atoms with Crippen LogP contribution in [0.5, 0.6) is 0 Å². The van der Waals surface area contributed by atoms with E-state index in [1.807, 2.05) is 24.3 Å². The number of carbonyl (C=O) groups is 1. The third-order valence-corrected chi connectivity index (χ3v) is 5.11. The lowest BCUT2D eigenvalue weighted by Crippen LogP contribution is -2.24. The lowest BCUT2D eigenvalue weighted by Gasteiger charge is -2.17. The fraction of sp³-hybridized carbons (Fsp3) is 0.286. The van der Waals surface area contributed by atoms with Gasteiger partial charge in [0.1, 0.15) is 0 Å². The van der Waals surface area contributed by atoms with Crippen LogP contribution >= 0.6 is 11.6 Å². The maximum absolute atomic E-state index is 12.5. The van der Waals surface area contributed by atoms with Crippen molar-refractivity contribution in [2.45, 2.75) is 32.1 Å². The zero-order valence-corrected chi connectivity index (χ0v) is 16.0. The van der Waals surface area contributed by atoms with Gasteiger partial charge in [-0.05, 0) is 35.7 Å². The zero-order chi connectivity index (χ0) is 19.0. The minimum Gasteiger partial charge on any atom is -0.339 e. The largest absolute Gasteiger partial charge is 0.339 e. The van der Waals surface area contributed by atoms with Crippen molar-refractivity contribution in [1.82, 2.24) is 10.1 Å². The molecular formula is C21H20ClN3O2. The molecule has 1 aromatic heterocycles. The van der Waals surface area contributed by atoms with Crippen LogP contribution in [0.2, 0.25) is 5.02 Å². The highest BCUT2D eigenvalue weighted by atomic mass is 35.5. The molecule has 0 N–H and O–H groups in total. The quantitative estimate of drug-likeness (QED) is 0.635. The number of halogens is 1. The van der Waals surface area contributed by atoms with Gasteiger partial charge in [-0.1, -0.05) is 54.9 Å². The first-order chi connectivity index (χ1) is 13.0. The number of nitrogens with zero attached hydrogens (tertiary/aromatic N) is 3. The molecule has 1 amide bonds. The Bertz CT molecular complexity index is 966. The summed E-state index contributed by atoms with van der Waals surface area (Å²) in [6.07, 6.45) is 0.364. The van der Waals surface area contributed by atoms with Gasteiger partial charge in [-0.25, -0.2) is 0 Å². The summed E-state index contributed by atoms with van der Waals surface area (Å²) in [7, 11) is 0. The highest BCUT2D eigenvalue weighted by Crippen LogP contribution is 2.32. The van der Waals surface area contributed by atoms with E-state index in [0.717, 1.165) is 11.3 Å². The molecule has 2 heterocycles. The van der Waals surface area contributed by atoms with Crippen molar-refractivity contribution in [3.8, 4) is 11.4 Å². The monoisotopic (exact) mass is 381 g/mol. The van der Waals surface area contributed by atoms with E-state index in [-0.39, 0.29) is 11.8 Å². The van der Waals surface area contributed by atoms with Crippen molar-refractivity contribution in [2.24, 2.45) is 0 Å². The summed E-state index contributed by atoms with van der Waals surface area (Å²) in [6, 6.07) is 15.5. The van der Waals surface area contributed by atoms with Gasteiger partial charge in [0, 0.05) is 29.2 Å². The molecule has 2 aromatic carbocycles. The van der Waals surface area contributed by atoms with Crippen LogP contribution < -0.4 is 4.90 Å². The molecule has 0 radical (unpaired) electrons. The SMILES string of the molecule is CC(C)c1ccc(N2CC(c3nc(-c4cccc(Cl)c4)no3)CC2=O)cc1. The number of hydrogen-bond donors (Lipinski definition) is 0. The molecular weight excluding hydrogens is 362 g/mol. The van der Waals surface area contributed by atoms with E-state index < -0.39 is 0 Å². The number of amides is 1. The Labute approximate surface area is 163 Å². The molecule has 0 saturated carbocycles. The maximum atomic E-state index is 12.5. The van der Waals surface area contributed by atoms with Gasteiger partial charge in [0.25, 0.3) is 0 Å². The molecule has 1 unspecified atom stereocenters. The highest BCUT2D eigenvalue weighted by molar-refractivity contribution is 6.30. The van der Waals surface area contributed by atoms with E-state index in [0.29, 0.717) is 35.6 Å². The first-order valence-corrected chi connectivity index (χ1v) is 9.39. The molecule has 0 aliphatic carbocycles. The molecule has 6 heteroatoms. The summed E-state index contributed by atoms with van der Waals surface area (Å²) in [6.45, 7) is 4.84. The molecule has 1 atom stereocenters. The maximum Gasteiger partial charge on any atom is 0.232 e. The molecule has 5 nitrogen and oxygen atoms in total. The van der Waals surface area contributed by atoms with Crippen molar-refractivity contribution in [2.75, 3.05) is 11.4 Å². The molecule has 0 spiro atoms. The molecule has 138 valence electrons. The first-order valence-electron chi connectivity index (χ1n) is 9.01. The molecule has 1 aliphatic heterocycles. The van der Waals surface area contributed by atoms with Crippen LogP contribution in [0.4, 0.5) is 5.69 Å². The Hall–Kier alpha value is -2.66. The van der Waals surface area contributed by atoms with Gasteiger partial charge in [0.15, 0.2) is 0 Å². The lowest BCUT2D eigenvalue weighted by atomic mass is 10.0. The van der Waals surface area contributed by atoms with Crippen molar-refractivity contribution in [3.63, 3.8) is 0 Å². The van der Waals surface area contributed by atoms with Gasteiger partial charge >= 0.3 is 0 Å². The smallest absolute Gasteiger partial charge is 0.232 e. The number of hydrogen-bond acceptors (Lipinski definition) is 4. The fourth-order valence-corrected chi connectivity index (χ4v) is 3.50. The second-order valence-corrected chi connectivity index (χ2v) is 7.55. The van der Waals surface area contributed by atoms with E-state index in [9.17, 15) is 4.79 Å². The summed E-state index contributed by atoms with van der Waals surface area (Å²) < 4.78 is 5.44. The third-order valence-electron chi connectivity index (χ3n) is 4.87. The lowest BCUT2D eigenvalue weighted by molar-refractivity contribution is -0.117. The van der Waals surface area contributed by atoms with E-state index in [2.05, 4.69) is 36.1 Å². The molecule has 1 saturated heterocycles. The fourth-order valence-electron chi connectivity index (χ4n) is 3.31. The normalized spacial score (nSPS) is 17.1. The molecule has 1 aliphatic rings. The molecule has 27 heavy (non-hydrogen) atoms. The summed E-state index contributed by atoms with van der Waals surface area (Å²) >= 11 is 6.03. The predicted molar refractivity (Wildman–Crippen MR) is 105 cm³/mol. The Morgan fingerprint density at radius 1 is 1.19 bits per heavy atom. The van der Waals surface area contributed by atoms with Crippen LogP contribution in [0, 0.1) is 0 Å². The number of carbonyl (C=O) groups excluding carboxylic acids is 1. The highest BCUT2D eigenvalue weighted by Gasteiger charge is 2.35. The van der Waals surface area contributed by atoms with E-state index in [4.69, 9.17) is 16.1 Å². The Balaban J connectivity index is 1.52. The van der Waals surface area contributed by atoms with Gasteiger partial charge in [-0.2, -0.15) is 4.98 Å². The number of aromatic nitrogens is 2. The predicted octanol–water partition coefficient (Wildman–Crippen LogP) is 5.03. The number of rotatable bonds is 4. The third kappa shape index (κ3) is 3.60. The van der Waals surface area contributed by atoms with Crippen molar-refractivity contribution >= 4 is 23.2 Å². The second kappa shape index (κ2) is 7.16. The van der Waals surface area contributed by atoms with Crippen LogP contribution in [0.1, 0.15) is 43.6 Å². The average molecular weight is 382 g/mol. The van der Waals surface area contributed by atoms with Gasteiger partial charge in [-0.15, -0.1) is 0 Å². The van der Waals surface area contributed by atoms with Crippen LogP contribution in [-0.4, -0.2) is 22.6 Å². The Morgan fingerprint density at radius 3 is 2.67 bits per heavy atom. The van der Waals surface area contributed by atoms with Gasteiger partial charge in [-0.3, -0.25) is 4.79 Å². The molecule has 1 fully saturated rings. The average Bonchev–Trinajstić information content (AvgIpc) is 3.29. The van der Waals surface area contributed by atoms with E-state index >= 15 is 0 Å². The van der Waals surface area contributed by atoms with Crippen LogP contribution in [0.3, 0.4) is 0 Å². The van der Waals surface area contributed by atoms with Gasteiger partial charge in [0.2, 0.25) is 17.6 Å². The van der Waals surface area contributed by atoms with Gasteiger partial charge < -0.3 is 9.42 Å². The second-order valence-electron chi connectivity index (χ2n) is 7.12. The molecule has 3 aromatic rings. The van der Waals surface area contributed by atoms with Crippen LogP contribution in [0.25, 0.3) is 11.4 Å². The summed E-state index contributed by atoms with van der Waals surface area (Å²) in [5.41, 5.74) is 2.95. The Kier molecular flexibility index (Phi) is 4.70. The van der Waals surface area contributed by atoms with Crippen molar-refractivity contribution < 1.29 is 9.32 Å². The topological polar surface area (TPSA) is 59.2 Å². The summed E-state index contributed by atoms with van der Waals surface area (Å²) in [4.78, 5) is 18.8. The molecule has 0 bridgehead atoms. The standard InChI is InChI=1S/C21H20ClN3O2/c1-13(2)14-6-8-18(9-7-14)25-12-16(11-19(25)26)21-23-20(24-27-21)15-4-3-5-17(22)10-15/h3-10,13,16H,11-12H2,1-2H3. The van der Waals surface area contributed by atoms with Crippen LogP contribution in [-0.2, 0) is 4.79 Å². The van der Waals surface area contributed by atoms with Crippen molar-refractivity contribution in [3.05, 3.63) is 65.0 Å². The van der Waals surface area contributed by atoms with Crippen molar-refractivity contribution in [1.29, 1.82) is 0 Å². The zero-order valence-electron chi connectivity index (χ0n) is 15.2.